The van der Waals surface area contributed by atoms with Crippen LogP contribution in [0.1, 0.15) is 12.8 Å². The lowest BCUT2D eigenvalue weighted by molar-refractivity contribution is 0.125. The Morgan fingerprint density at radius 2 is 1.12 bits per heavy atom. The molecule has 0 aromatic carbocycles. The van der Waals surface area contributed by atoms with Crippen molar-refractivity contribution >= 4 is 42.1 Å². The van der Waals surface area contributed by atoms with Crippen LogP contribution in [0.25, 0.3) is 0 Å². The molecule has 9 heteroatoms. The quantitative estimate of drug-likeness (QED) is 0.512. The van der Waals surface area contributed by atoms with Crippen molar-refractivity contribution < 1.29 is 16.8 Å². The molecule has 0 saturated carbocycles. The van der Waals surface area contributed by atoms with Gasteiger partial charge in [0.15, 0.2) is 33.3 Å². The lowest BCUT2D eigenvalue weighted by Gasteiger charge is -2.49. The fourth-order valence-electron chi connectivity index (χ4n) is 3.01. The summed E-state index contributed by atoms with van der Waals surface area (Å²) in [6.45, 7) is 24.8. The second-order valence-electron chi connectivity index (χ2n) is 10.5. The summed E-state index contributed by atoms with van der Waals surface area (Å²) in [5.74, 6) is 0. The van der Waals surface area contributed by atoms with Crippen LogP contribution >= 0.6 is 0 Å². The number of hydrogen-bond acceptors (Lipinski definition) is 4. The fraction of sp³-hybridized carbons (Fsp3) is 1.00. The minimum absolute atomic E-state index is 0.0260. The first kappa shape index (κ1) is 23.0. The lowest BCUT2D eigenvalue weighted by Crippen LogP contribution is -2.69. The third-order valence-corrected chi connectivity index (χ3v) is 18.1. The van der Waals surface area contributed by atoms with Crippen LogP contribution in [0.5, 0.6) is 0 Å². The summed E-state index contributed by atoms with van der Waals surface area (Å²) >= 11 is 0. The van der Waals surface area contributed by atoms with Gasteiger partial charge < -0.3 is 16.8 Å². The Bertz CT molecular complexity index is 382. The molecule has 4 nitrogen and oxygen atoms in total. The van der Waals surface area contributed by atoms with Gasteiger partial charge in [0.1, 0.15) is 5.73 Å². The first-order valence-electron chi connectivity index (χ1n) is 9.22. The van der Waals surface area contributed by atoms with Crippen molar-refractivity contribution in [3.8, 4) is 0 Å². The molecule has 0 bridgehead atoms. The predicted octanol–water partition coefficient (Wildman–Crippen LogP) is 5.40. The van der Waals surface area contributed by atoms with E-state index in [1.165, 1.54) is 12.5 Å². The molecule has 1 rings (SSSR count). The molecule has 1 unspecified atom stereocenters. The van der Waals surface area contributed by atoms with Crippen LogP contribution in [-0.2, 0) is 16.8 Å². The zero-order chi connectivity index (χ0) is 19.0. The fourth-order valence-corrected chi connectivity index (χ4v) is 20.6. The van der Waals surface area contributed by atoms with Crippen LogP contribution in [-0.4, -0.2) is 47.8 Å². The van der Waals surface area contributed by atoms with Gasteiger partial charge in [-0.15, -0.1) is 0 Å². The van der Waals surface area contributed by atoms with E-state index in [-0.39, 0.29) is 5.73 Å². The molecule has 0 spiro atoms. The van der Waals surface area contributed by atoms with Gasteiger partial charge in [-0.05, 0) is 84.5 Å². The largest absolute Gasteiger partial charge is 0.498 e. The Morgan fingerprint density at radius 3 is 1.42 bits per heavy atom. The molecular formula is C15H40O4Si5. The number of hydrogen-bond donors (Lipinski definition) is 0. The van der Waals surface area contributed by atoms with Gasteiger partial charge >= 0.3 is 8.80 Å². The van der Waals surface area contributed by atoms with E-state index in [0.717, 1.165) is 6.42 Å². The molecule has 0 aliphatic carbocycles. The smallest absolute Gasteiger partial charge is 0.415 e. The van der Waals surface area contributed by atoms with Gasteiger partial charge in [-0.25, -0.2) is 0 Å². The van der Waals surface area contributed by atoms with E-state index in [2.05, 4.69) is 72.0 Å². The molecule has 1 saturated heterocycles. The zero-order valence-corrected chi connectivity index (χ0v) is 22.8. The molecule has 1 aliphatic rings. The van der Waals surface area contributed by atoms with Crippen molar-refractivity contribution in [3.05, 3.63) is 0 Å². The topological polar surface area (TPSA) is 36.9 Å². The molecule has 1 atom stereocenters. The van der Waals surface area contributed by atoms with Crippen molar-refractivity contribution in [3.63, 3.8) is 0 Å². The van der Waals surface area contributed by atoms with Crippen molar-refractivity contribution in [2.24, 2.45) is 0 Å². The highest BCUT2D eigenvalue weighted by Gasteiger charge is 2.58. The zero-order valence-electron chi connectivity index (χ0n) is 17.8. The summed E-state index contributed by atoms with van der Waals surface area (Å²) in [5, 5.41) is 0. The molecule has 0 aromatic heterocycles. The Morgan fingerprint density at radius 1 is 0.750 bits per heavy atom. The molecule has 1 heterocycles. The highest BCUT2D eigenvalue weighted by atomic mass is 28.5. The van der Waals surface area contributed by atoms with Gasteiger partial charge in [0.05, 0.1) is 0 Å². The minimum Gasteiger partial charge on any atom is -0.415 e. The van der Waals surface area contributed by atoms with Gasteiger partial charge in [0, 0.05) is 0 Å². The lowest BCUT2D eigenvalue weighted by atomic mass is 10.3. The van der Waals surface area contributed by atoms with Crippen molar-refractivity contribution in [1.29, 1.82) is 0 Å². The van der Waals surface area contributed by atoms with Crippen LogP contribution < -0.4 is 0 Å². The van der Waals surface area contributed by atoms with E-state index in [4.69, 9.17) is 16.8 Å². The Balaban J connectivity index is 3.32. The van der Waals surface area contributed by atoms with E-state index < -0.39 is 42.1 Å². The van der Waals surface area contributed by atoms with E-state index in [0.29, 0.717) is 0 Å². The van der Waals surface area contributed by atoms with Crippen LogP contribution in [0.15, 0.2) is 0 Å². The molecule has 1 aliphatic heterocycles. The second-order valence-corrected chi connectivity index (χ2v) is 31.7. The van der Waals surface area contributed by atoms with Crippen LogP contribution in [0.4, 0.5) is 0 Å². The van der Waals surface area contributed by atoms with Crippen molar-refractivity contribution in [2.45, 2.75) is 96.6 Å². The predicted molar refractivity (Wildman–Crippen MR) is 115 cm³/mol. The average Bonchev–Trinajstić information content (AvgIpc) is 2.19. The molecule has 0 radical (unpaired) electrons. The summed E-state index contributed by atoms with van der Waals surface area (Å²) in [5.41, 5.74) is 0.0260. The van der Waals surface area contributed by atoms with Crippen LogP contribution in [0.3, 0.4) is 0 Å². The molecule has 24 heavy (non-hydrogen) atoms. The van der Waals surface area contributed by atoms with Crippen molar-refractivity contribution in [2.75, 3.05) is 0 Å². The molecular weight excluding hydrogens is 385 g/mol. The van der Waals surface area contributed by atoms with Gasteiger partial charge in [0.2, 0.25) is 0 Å². The summed E-state index contributed by atoms with van der Waals surface area (Å²) in [7, 11) is -10.0. The standard InChI is InChI=1S/C15H40O4Si5/c1-20(2,3)17-24(18-21(4,5)6,19-22(7,8)9)15-13-12-14-23(10,11)16-15/h15H,12-14H2,1-11H3. The minimum atomic E-state index is -2.89. The molecule has 0 aromatic rings. The first-order chi connectivity index (χ1) is 10.4. The molecule has 0 N–H and O–H groups in total. The monoisotopic (exact) mass is 424 g/mol. The van der Waals surface area contributed by atoms with E-state index in [1.54, 1.807) is 0 Å². The molecule has 144 valence electrons. The Hall–Kier alpha value is 0.924. The average molecular weight is 425 g/mol. The van der Waals surface area contributed by atoms with Gasteiger partial charge in [-0.1, -0.05) is 6.42 Å². The Labute approximate surface area is 155 Å². The van der Waals surface area contributed by atoms with E-state index in [1.807, 2.05) is 0 Å². The van der Waals surface area contributed by atoms with Gasteiger partial charge in [-0.3, -0.25) is 0 Å². The van der Waals surface area contributed by atoms with E-state index >= 15 is 0 Å². The summed E-state index contributed by atoms with van der Waals surface area (Å²) < 4.78 is 27.1. The Kier molecular flexibility index (Phi) is 7.18. The summed E-state index contributed by atoms with van der Waals surface area (Å²) in [6.07, 6.45) is 2.22. The third kappa shape index (κ3) is 8.08. The SMILES string of the molecule is C[Si](C)(C)O[Si](O[Si](C)(C)C)(O[Si](C)(C)C)C1CCC[Si](C)(C)O1. The maximum Gasteiger partial charge on any atom is 0.498 e. The number of rotatable bonds is 7. The third-order valence-electron chi connectivity index (χ3n) is 3.45. The summed E-state index contributed by atoms with van der Waals surface area (Å²) in [6, 6.07) is 1.22. The van der Waals surface area contributed by atoms with Crippen LogP contribution in [0, 0.1) is 0 Å². The maximum atomic E-state index is 6.81. The van der Waals surface area contributed by atoms with Gasteiger partial charge in [0.25, 0.3) is 0 Å². The molecule has 1 fully saturated rings. The first-order valence-corrected chi connectivity index (χ1v) is 24.4. The highest BCUT2D eigenvalue weighted by molar-refractivity contribution is 6.91. The van der Waals surface area contributed by atoms with Gasteiger partial charge in [-0.2, -0.15) is 0 Å². The molecule has 0 amide bonds. The van der Waals surface area contributed by atoms with Crippen LogP contribution in [0.2, 0.25) is 78.1 Å². The second kappa shape index (κ2) is 7.51. The normalized spacial score (nSPS) is 23.4. The van der Waals surface area contributed by atoms with E-state index in [9.17, 15) is 0 Å². The highest BCUT2D eigenvalue weighted by Crippen LogP contribution is 2.37. The van der Waals surface area contributed by atoms with Crippen molar-refractivity contribution in [1.82, 2.24) is 0 Å². The summed E-state index contributed by atoms with van der Waals surface area (Å²) in [4.78, 5) is 0. The maximum absolute atomic E-state index is 6.81.